The van der Waals surface area contributed by atoms with Crippen LogP contribution >= 0.6 is 11.6 Å². The van der Waals surface area contributed by atoms with Crippen LogP contribution in [0.4, 0.5) is 20.3 Å². The molecule has 1 aromatic heterocycles. The number of imide groups is 1. The van der Waals surface area contributed by atoms with E-state index in [1.54, 1.807) is 29.2 Å². The van der Waals surface area contributed by atoms with Crippen molar-refractivity contribution < 1.29 is 37.5 Å². The number of carbonyl (C=O) groups excluding carboxylic acids is 5. The van der Waals surface area contributed by atoms with Gasteiger partial charge in [0.15, 0.2) is 17.4 Å². The number of ether oxygens (including phenoxy) is 1. The molecule has 8 rings (SSSR count). The Morgan fingerprint density at radius 2 is 1.73 bits per heavy atom. The van der Waals surface area contributed by atoms with Crippen molar-refractivity contribution in [2.45, 2.75) is 83.0 Å². The fraction of sp³-hybridized carbons (Fsp3) is 0.391. The standard InChI is InChI=1S/C46H48ClF2N7O6/c1-26(40-36(48)13-12-35(47)41(40)49)62-38-23-31(24-51-42(38)50)43(58)52-32-10-8-29(9-11-32)45(60)55-18-16-54(17-19-55)33-5-3-2-4-27(21-33)20-28-6-7-30-25-56(46(61)34(30)22-28)37-14-15-39(57)53-44(37)59/h6-13,22-24,26-27,33,37H,2-5,14-21,25H2,1H3,(H2,50,51)(H,52,58)(H,53,57,59)/t26-,27?,33?,37?/m1/s1. The largest absolute Gasteiger partial charge is 0.482 e. The van der Waals surface area contributed by atoms with Gasteiger partial charge in [0.1, 0.15) is 18.0 Å². The molecule has 13 nitrogen and oxygen atoms in total. The fourth-order valence-electron chi connectivity index (χ4n) is 9.22. The molecule has 0 radical (unpaired) electrons. The zero-order chi connectivity index (χ0) is 43.7. The van der Waals surface area contributed by atoms with E-state index in [-0.39, 0.29) is 51.9 Å². The van der Waals surface area contributed by atoms with Crippen LogP contribution in [0.15, 0.2) is 66.9 Å². The van der Waals surface area contributed by atoms with Crippen molar-refractivity contribution in [1.82, 2.24) is 25.0 Å². The van der Waals surface area contributed by atoms with Gasteiger partial charge in [0.25, 0.3) is 17.7 Å². The molecule has 3 aromatic carbocycles. The minimum atomic E-state index is -1.14. The number of nitrogens with zero attached hydrogens (tertiary/aromatic N) is 4. The summed E-state index contributed by atoms with van der Waals surface area (Å²) in [5.74, 6) is -2.95. The number of pyridine rings is 1. The number of hydrogen-bond acceptors (Lipinski definition) is 9. The highest BCUT2D eigenvalue weighted by atomic mass is 35.5. The highest BCUT2D eigenvalue weighted by Crippen LogP contribution is 2.34. The van der Waals surface area contributed by atoms with Crippen LogP contribution in [0.1, 0.15) is 106 Å². The molecule has 62 heavy (non-hydrogen) atoms. The predicted octanol–water partition coefficient (Wildman–Crippen LogP) is 6.70. The van der Waals surface area contributed by atoms with Gasteiger partial charge in [0, 0.05) is 68.2 Å². The Kier molecular flexibility index (Phi) is 12.5. The molecule has 4 heterocycles. The van der Waals surface area contributed by atoms with Crippen molar-refractivity contribution >= 4 is 52.6 Å². The molecule has 16 heteroatoms. The second-order valence-corrected chi connectivity index (χ2v) is 17.0. The van der Waals surface area contributed by atoms with Gasteiger partial charge in [-0.25, -0.2) is 13.8 Å². The number of amides is 5. The molecular formula is C46H48ClF2N7O6. The lowest BCUT2D eigenvalue weighted by Crippen LogP contribution is -2.52. The normalized spacial score (nSPS) is 21.2. The van der Waals surface area contributed by atoms with Gasteiger partial charge in [0.05, 0.1) is 16.1 Å². The van der Waals surface area contributed by atoms with Crippen LogP contribution in [0, 0.1) is 17.6 Å². The number of aromatic nitrogens is 1. The number of nitrogen functional groups attached to an aromatic ring is 1. The number of rotatable bonds is 10. The fourth-order valence-corrected chi connectivity index (χ4v) is 9.39. The quantitative estimate of drug-likeness (QED) is 0.0894. The lowest BCUT2D eigenvalue weighted by molar-refractivity contribution is -0.136. The van der Waals surface area contributed by atoms with Gasteiger partial charge in [-0.3, -0.25) is 34.2 Å². The van der Waals surface area contributed by atoms with Gasteiger partial charge in [-0.15, -0.1) is 0 Å². The summed E-state index contributed by atoms with van der Waals surface area (Å²) in [7, 11) is 0. The first kappa shape index (κ1) is 42.7. The van der Waals surface area contributed by atoms with Crippen LogP contribution < -0.4 is 21.1 Å². The minimum Gasteiger partial charge on any atom is -0.482 e. The Balaban J connectivity index is 0.824. The summed E-state index contributed by atoms with van der Waals surface area (Å²) < 4.78 is 34.8. The Hall–Kier alpha value is -5.93. The van der Waals surface area contributed by atoms with Crippen molar-refractivity contribution in [3.05, 3.63) is 117 Å². The Morgan fingerprint density at radius 3 is 2.48 bits per heavy atom. The number of halogens is 3. The molecule has 2 saturated heterocycles. The van der Waals surface area contributed by atoms with E-state index in [1.807, 2.05) is 17.0 Å². The maximum Gasteiger partial charge on any atom is 0.257 e. The van der Waals surface area contributed by atoms with E-state index in [9.17, 15) is 32.8 Å². The molecule has 3 unspecified atom stereocenters. The van der Waals surface area contributed by atoms with Crippen LogP contribution in [-0.2, 0) is 22.6 Å². The molecular weight excluding hydrogens is 820 g/mol. The summed E-state index contributed by atoms with van der Waals surface area (Å²) in [4.78, 5) is 74.4. The van der Waals surface area contributed by atoms with E-state index in [0.717, 1.165) is 74.9 Å². The highest BCUT2D eigenvalue weighted by molar-refractivity contribution is 6.30. The molecule has 4 atom stereocenters. The molecule has 1 saturated carbocycles. The lowest BCUT2D eigenvalue weighted by Gasteiger charge is -2.40. The zero-order valence-electron chi connectivity index (χ0n) is 34.3. The molecule has 1 aliphatic carbocycles. The SMILES string of the molecule is C[C@@H](Oc1cc(C(=O)Nc2ccc(C(=O)N3CCN(C4CCCCC(Cc5ccc6c(c5)C(=O)N(C5CCC(=O)NC5=O)C6)C4)CC3)cc2)cnc1N)c1c(F)ccc(Cl)c1F. The third kappa shape index (κ3) is 9.14. The summed E-state index contributed by atoms with van der Waals surface area (Å²) in [5.41, 5.74) is 9.28. The highest BCUT2D eigenvalue weighted by Gasteiger charge is 2.39. The summed E-state index contributed by atoms with van der Waals surface area (Å²) in [6, 6.07) is 16.0. The van der Waals surface area contributed by atoms with E-state index < -0.39 is 35.6 Å². The van der Waals surface area contributed by atoms with Gasteiger partial charge >= 0.3 is 0 Å². The van der Waals surface area contributed by atoms with Crippen LogP contribution in [0.25, 0.3) is 0 Å². The second-order valence-electron chi connectivity index (χ2n) is 16.6. The van der Waals surface area contributed by atoms with E-state index in [0.29, 0.717) is 54.8 Å². The van der Waals surface area contributed by atoms with Crippen molar-refractivity contribution in [3.63, 3.8) is 0 Å². The third-order valence-corrected chi connectivity index (χ3v) is 12.9. The monoisotopic (exact) mass is 867 g/mol. The maximum absolute atomic E-state index is 14.6. The number of carbonyl (C=O) groups is 5. The summed E-state index contributed by atoms with van der Waals surface area (Å²) in [6.45, 7) is 4.52. The van der Waals surface area contributed by atoms with Crippen LogP contribution in [0.2, 0.25) is 5.02 Å². The zero-order valence-corrected chi connectivity index (χ0v) is 35.1. The summed E-state index contributed by atoms with van der Waals surface area (Å²) in [5, 5.41) is 4.88. The number of anilines is 2. The number of fused-ring (bicyclic) bond motifs is 1. The second kappa shape index (κ2) is 18.2. The van der Waals surface area contributed by atoms with Gasteiger partial charge in [-0.1, -0.05) is 43.0 Å². The minimum absolute atomic E-state index is 0.0414. The summed E-state index contributed by atoms with van der Waals surface area (Å²) >= 11 is 5.84. The average Bonchev–Trinajstić information content (AvgIpc) is 3.40. The molecule has 3 fully saturated rings. The number of piperidine rings is 1. The van der Waals surface area contributed by atoms with Crippen LogP contribution in [-0.4, -0.2) is 87.5 Å². The van der Waals surface area contributed by atoms with Gasteiger partial charge < -0.3 is 25.6 Å². The predicted molar refractivity (Wildman–Crippen MR) is 227 cm³/mol. The van der Waals surface area contributed by atoms with Crippen molar-refractivity contribution in [2.75, 3.05) is 37.2 Å². The lowest BCUT2D eigenvalue weighted by atomic mass is 9.89. The molecule has 5 amide bonds. The van der Waals surface area contributed by atoms with Crippen molar-refractivity contribution in [3.8, 4) is 5.75 Å². The molecule has 0 bridgehead atoms. The number of piperazine rings is 1. The van der Waals surface area contributed by atoms with E-state index in [2.05, 4.69) is 26.6 Å². The molecule has 4 aliphatic rings. The molecule has 4 aromatic rings. The molecule has 324 valence electrons. The Labute approximate surface area is 362 Å². The van der Waals surface area contributed by atoms with E-state index in [4.69, 9.17) is 22.1 Å². The molecule has 3 aliphatic heterocycles. The van der Waals surface area contributed by atoms with Gasteiger partial charge in [-0.05, 0) is 98.2 Å². The topological polar surface area (TPSA) is 167 Å². The number of nitrogens with two attached hydrogens (primary N) is 1. The van der Waals surface area contributed by atoms with Crippen LogP contribution in [0.3, 0.4) is 0 Å². The first-order valence-corrected chi connectivity index (χ1v) is 21.5. The smallest absolute Gasteiger partial charge is 0.257 e. The first-order valence-electron chi connectivity index (χ1n) is 21.1. The van der Waals surface area contributed by atoms with E-state index >= 15 is 0 Å². The molecule has 4 N–H and O–H groups in total. The number of nitrogens with one attached hydrogen (secondary N) is 2. The maximum atomic E-state index is 14.6. The van der Waals surface area contributed by atoms with Crippen LogP contribution in [0.5, 0.6) is 5.75 Å². The molecule has 0 spiro atoms. The Morgan fingerprint density at radius 1 is 0.968 bits per heavy atom. The summed E-state index contributed by atoms with van der Waals surface area (Å²) in [6.07, 6.45) is 7.09. The third-order valence-electron chi connectivity index (χ3n) is 12.6. The first-order chi connectivity index (χ1) is 29.8. The van der Waals surface area contributed by atoms with Gasteiger partial charge in [-0.2, -0.15) is 0 Å². The van der Waals surface area contributed by atoms with Crippen molar-refractivity contribution in [2.24, 2.45) is 5.92 Å². The number of benzene rings is 3. The average molecular weight is 868 g/mol. The number of hydrogen-bond donors (Lipinski definition) is 3. The van der Waals surface area contributed by atoms with Gasteiger partial charge in [0.2, 0.25) is 11.8 Å². The Bertz CT molecular complexity index is 2410. The van der Waals surface area contributed by atoms with E-state index in [1.165, 1.54) is 19.2 Å². The van der Waals surface area contributed by atoms with Crippen molar-refractivity contribution in [1.29, 1.82) is 0 Å².